The van der Waals surface area contributed by atoms with Crippen molar-refractivity contribution in [3.05, 3.63) is 11.6 Å². The van der Waals surface area contributed by atoms with E-state index in [0.717, 1.165) is 25.2 Å². The molecule has 0 radical (unpaired) electrons. The highest BCUT2D eigenvalue weighted by atomic mass is 79.9. The van der Waals surface area contributed by atoms with E-state index in [1.165, 1.54) is 5.57 Å². The number of halogens is 1. The molecule has 1 aliphatic rings. The van der Waals surface area contributed by atoms with E-state index in [2.05, 4.69) is 23.2 Å². The first kappa shape index (κ1) is 12.7. The van der Waals surface area contributed by atoms with Crippen LogP contribution in [0, 0.1) is 0 Å². The lowest BCUT2D eigenvalue weighted by atomic mass is 10.1. The van der Waals surface area contributed by atoms with Gasteiger partial charge < -0.3 is 9.74 Å². The Bertz CT molecular complexity index is 214. The molecule has 0 N–H and O–H groups in total. The van der Waals surface area contributed by atoms with Gasteiger partial charge in [0.05, 0.1) is 5.71 Å². The Morgan fingerprint density at radius 2 is 2.31 bits per heavy atom. The summed E-state index contributed by atoms with van der Waals surface area (Å²) in [5.74, 6) is 0. The molecule has 3 nitrogen and oxygen atoms in total. The van der Waals surface area contributed by atoms with Gasteiger partial charge in [0, 0.05) is 13.1 Å². The predicted octanol–water partition coefficient (Wildman–Crippen LogP) is 1.85. The highest BCUT2D eigenvalue weighted by Crippen LogP contribution is 2.09. The molecule has 13 heavy (non-hydrogen) atoms. The van der Waals surface area contributed by atoms with Crippen LogP contribution in [0.1, 0.15) is 13.3 Å². The van der Waals surface area contributed by atoms with Crippen LogP contribution in [0.3, 0.4) is 0 Å². The number of hydrogen-bond acceptors (Lipinski definition) is 3. The standard InChI is InChI=1S/C9H16N2O.BrH/c1-8(10-12-3)9-5-4-6-11(2)7-9;/h5H,4,6-7H2,1-3H3;1H. The Hall–Kier alpha value is -0.350. The number of oxime groups is 1. The fourth-order valence-corrected chi connectivity index (χ4v) is 1.35. The summed E-state index contributed by atoms with van der Waals surface area (Å²) in [5, 5.41) is 3.90. The van der Waals surface area contributed by atoms with Crippen molar-refractivity contribution in [3.63, 3.8) is 0 Å². The Morgan fingerprint density at radius 3 is 2.85 bits per heavy atom. The van der Waals surface area contributed by atoms with Crippen LogP contribution in [0.15, 0.2) is 16.8 Å². The van der Waals surface area contributed by atoms with Crippen molar-refractivity contribution >= 4 is 22.7 Å². The minimum atomic E-state index is 0. The minimum absolute atomic E-state index is 0. The smallest absolute Gasteiger partial charge is 0.106 e. The maximum absolute atomic E-state index is 4.72. The number of hydrogen-bond donors (Lipinski definition) is 0. The average Bonchev–Trinajstić information content (AvgIpc) is 2.05. The maximum Gasteiger partial charge on any atom is 0.106 e. The van der Waals surface area contributed by atoms with Crippen molar-refractivity contribution in [3.8, 4) is 0 Å². The molecule has 0 amide bonds. The zero-order valence-electron chi connectivity index (χ0n) is 8.41. The SMILES string of the molecule is Br.CON=C(C)C1=CCCN(C)C1. The van der Waals surface area contributed by atoms with E-state index in [4.69, 9.17) is 4.84 Å². The first-order valence-electron chi connectivity index (χ1n) is 4.19. The van der Waals surface area contributed by atoms with Gasteiger partial charge in [0.2, 0.25) is 0 Å². The fourth-order valence-electron chi connectivity index (χ4n) is 1.35. The van der Waals surface area contributed by atoms with E-state index < -0.39 is 0 Å². The predicted molar refractivity (Wildman–Crippen MR) is 60.6 cm³/mol. The van der Waals surface area contributed by atoms with Crippen LogP contribution in [0.25, 0.3) is 0 Å². The summed E-state index contributed by atoms with van der Waals surface area (Å²) in [6.07, 6.45) is 3.35. The van der Waals surface area contributed by atoms with Gasteiger partial charge in [-0.2, -0.15) is 0 Å². The lowest BCUT2D eigenvalue weighted by Crippen LogP contribution is -2.27. The molecule has 4 heteroatoms. The van der Waals surface area contributed by atoms with Crippen molar-refractivity contribution in [2.24, 2.45) is 5.16 Å². The molecule has 76 valence electrons. The molecule has 0 aliphatic carbocycles. The van der Waals surface area contributed by atoms with Crippen molar-refractivity contribution in [2.45, 2.75) is 13.3 Å². The van der Waals surface area contributed by atoms with Crippen molar-refractivity contribution in [1.29, 1.82) is 0 Å². The second kappa shape index (κ2) is 6.16. The highest BCUT2D eigenvalue weighted by molar-refractivity contribution is 8.93. The lowest BCUT2D eigenvalue weighted by Gasteiger charge is -2.22. The van der Waals surface area contributed by atoms with Crippen LogP contribution in [0.5, 0.6) is 0 Å². The summed E-state index contributed by atoms with van der Waals surface area (Å²) >= 11 is 0. The van der Waals surface area contributed by atoms with E-state index in [-0.39, 0.29) is 17.0 Å². The molecule has 0 fully saturated rings. The zero-order valence-corrected chi connectivity index (χ0v) is 10.1. The molecule has 0 aromatic rings. The molecule has 0 atom stereocenters. The molecule has 0 saturated heterocycles. The average molecular weight is 249 g/mol. The van der Waals surface area contributed by atoms with Crippen LogP contribution in [0.4, 0.5) is 0 Å². The summed E-state index contributed by atoms with van der Waals surface area (Å²) in [7, 11) is 3.70. The molecule has 1 rings (SSSR count). The normalized spacial score (nSPS) is 19.0. The monoisotopic (exact) mass is 248 g/mol. The summed E-state index contributed by atoms with van der Waals surface area (Å²) in [4.78, 5) is 7.00. The summed E-state index contributed by atoms with van der Waals surface area (Å²) < 4.78 is 0. The molecule has 0 unspecified atom stereocenters. The van der Waals surface area contributed by atoms with Crippen LogP contribution in [-0.4, -0.2) is 37.9 Å². The lowest BCUT2D eigenvalue weighted by molar-refractivity contribution is 0.213. The minimum Gasteiger partial charge on any atom is -0.399 e. The van der Waals surface area contributed by atoms with Gasteiger partial charge >= 0.3 is 0 Å². The Labute approximate surface area is 90.2 Å². The Kier molecular flexibility index (Phi) is 5.99. The zero-order chi connectivity index (χ0) is 8.97. The third kappa shape index (κ3) is 3.91. The van der Waals surface area contributed by atoms with Crippen molar-refractivity contribution in [1.82, 2.24) is 4.90 Å². The van der Waals surface area contributed by atoms with Crippen molar-refractivity contribution < 1.29 is 4.84 Å². The molecular formula is C9H17BrN2O. The van der Waals surface area contributed by atoms with Gasteiger partial charge in [-0.25, -0.2) is 0 Å². The van der Waals surface area contributed by atoms with Gasteiger partial charge in [0.15, 0.2) is 0 Å². The Morgan fingerprint density at radius 1 is 1.62 bits per heavy atom. The third-order valence-corrected chi connectivity index (χ3v) is 2.03. The van der Waals surface area contributed by atoms with Crippen LogP contribution >= 0.6 is 17.0 Å². The largest absolute Gasteiger partial charge is 0.399 e. The number of likely N-dealkylation sites (N-methyl/N-ethyl adjacent to an activating group) is 1. The maximum atomic E-state index is 4.72. The summed E-state index contributed by atoms with van der Waals surface area (Å²) in [6.45, 7) is 4.11. The highest BCUT2D eigenvalue weighted by Gasteiger charge is 2.10. The van der Waals surface area contributed by atoms with Crippen LogP contribution in [-0.2, 0) is 4.84 Å². The molecule has 0 saturated carbocycles. The molecule has 1 aliphatic heterocycles. The number of rotatable bonds is 2. The quantitative estimate of drug-likeness (QED) is 0.551. The van der Waals surface area contributed by atoms with Gasteiger partial charge in [-0.1, -0.05) is 11.2 Å². The topological polar surface area (TPSA) is 24.8 Å². The molecule has 0 bridgehead atoms. The van der Waals surface area contributed by atoms with Gasteiger partial charge in [-0.05, 0) is 26.0 Å². The molecular weight excluding hydrogens is 232 g/mol. The van der Waals surface area contributed by atoms with Gasteiger partial charge in [-0.15, -0.1) is 17.0 Å². The van der Waals surface area contributed by atoms with E-state index in [1.807, 2.05) is 6.92 Å². The summed E-state index contributed by atoms with van der Waals surface area (Å²) in [5.41, 5.74) is 2.27. The van der Waals surface area contributed by atoms with E-state index in [1.54, 1.807) is 7.11 Å². The van der Waals surface area contributed by atoms with Crippen LogP contribution in [0.2, 0.25) is 0 Å². The third-order valence-electron chi connectivity index (χ3n) is 2.03. The molecule has 0 aromatic heterocycles. The van der Waals surface area contributed by atoms with Gasteiger partial charge in [-0.3, -0.25) is 0 Å². The molecule has 0 spiro atoms. The van der Waals surface area contributed by atoms with Gasteiger partial charge in [0.25, 0.3) is 0 Å². The first-order valence-corrected chi connectivity index (χ1v) is 4.19. The van der Waals surface area contributed by atoms with E-state index >= 15 is 0 Å². The fraction of sp³-hybridized carbons (Fsp3) is 0.667. The van der Waals surface area contributed by atoms with E-state index in [0.29, 0.717) is 0 Å². The molecule has 0 aromatic carbocycles. The van der Waals surface area contributed by atoms with Crippen LogP contribution < -0.4 is 0 Å². The number of nitrogens with zero attached hydrogens (tertiary/aromatic N) is 2. The van der Waals surface area contributed by atoms with Gasteiger partial charge in [0.1, 0.15) is 7.11 Å². The first-order chi connectivity index (χ1) is 5.74. The summed E-state index contributed by atoms with van der Waals surface area (Å²) in [6, 6.07) is 0. The Balaban J connectivity index is 0.00000144. The second-order valence-electron chi connectivity index (χ2n) is 3.12. The second-order valence-corrected chi connectivity index (χ2v) is 3.12. The van der Waals surface area contributed by atoms with Crippen molar-refractivity contribution in [2.75, 3.05) is 27.2 Å². The molecule has 1 heterocycles. The van der Waals surface area contributed by atoms with E-state index in [9.17, 15) is 0 Å².